The summed E-state index contributed by atoms with van der Waals surface area (Å²) in [7, 11) is 3.28. The molecule has 2 aliphatic carbocycles. The van der Waals surface area contributed by atoms with Gasteiger partial charge in [0.2, 0.25) is 18.6 Å². The molecule has 3 aromatic carbocycles. The number of benzene rings is 3. The largest absolute Gasteiger partial charge is 0.497 e. The Morgan fingerprint density at radius 2 is 1.26 bits per heavy atom. The number of imide groups is 1. The summed E-state index contributed by atoms with van der Waals surface area (Å²) in [5.41, 5.74) is 4.70. The van der Waals surface area contributed by atoms with E-state index in [0.717, 1.165) is 33.8 Å². The van der Waals surface area contributed by atoms with Gasteiger partial charge in [0.15, 0.2) is 11.5 Å². The summed E-state index contributed by atoms with van der Waals surface area (Å²) in [5, 5.41) is 0. The van der Waals surface area contributed by atoms with Gasteiger partial charge in [0, 0.05) is 17.9 Å². The molecule has 3 aromatic rings. The Morgan fingerprint density at radius 1 is 0.737 bits per heavy atom. The Kier molecular flexibility index (Phi) is 5.08. The zero-order chi connectivity index (χ0) is 26.0. The molecule has 0 N–H and O–H groups in total. The molecule has 7 heteroatoms. The highest BCUT2D eigenvalue weighted by molar-refractivity contribution is 6.23. The van der Waals surface area contributed by atoms with Gasteiger partial charge in [0.1, 0.15) is 11.5 Å². The minimum absolute atomic E-state index is 0.133. The third kappa shape index (κ3) is 3.21. The van der Waals surface area contributed by atoms with E-state index >= 15 is 0 Å². The molecule has 4 aliphatic rings. The van der Waals surface area contributed by atoms with Gasteiger partial charge in [-0.15, -0.1) is 0 Å². The molecule has 2 aliphatic heterocycles. The summed E-state index contributed by atoms with van der Waals surface area (Å²) < 4.78 is 21.6. The van der Waals surface area contributed by atoms with E-state index in [9.17, 15) is 9.59 Å². The minimum atomic E-state index is -0.440. The van der Waals surface area contributed by atoms with E-state index < -0.39 is 11.8 Å². The maximum Gasteiger partial charge on any atom is 0.238 e. The zero-order valence-corrected chi connectivity index (χ0v) is 20.9. The summed E-state index contributed by atoms with van der Waals surface area (Å²) >= 11 is 0. The molecule has 0 aromatic heterocycles. The molecule has 2 amide bonds. The monoisotopic (exact) mass is 507 g/mol. The number of rotatable bonds is 5. The van der Waals surface area contributed by atoms with Gasteiger partial charge in [-0.25, -0.2) is 4.90 Å². The third-order valence-corrected chi connectivity index (χ3v) is 8.08. The van der Waals surface area contributed by atoms with Crippen molar-refractivity contribution >= 4 is 23.1 Å². The fraction of sp³-hybridized carbons (Fsp3) is 0.226. The third-order valence-electron chi connectivity index (χ3n) is 8.08. The van der Waals surface area contributed by atoms with E-state index in [1.54, 1.807) is 32.4 Å². The number of hydrogen-bond donors (Lipinski definition) is 0. The van der Waals surface area contributed by atoms with E-state index in [2.05, 4.69) is 12.2 Å². The Balaban J connectivity index is 1.32. The number of carbonyl (C=O) groups excluding carboxylic acids is 2. The summed E-state index contributed by atoms with van der Waals surface area (Å²) in [5.74, 6) is 1.14. The Labute approximate surface area is 219 Å². The second-order valence-corrected chi connectivity index (χ2v) is 9.82. The molecular weight excluding hydrogens is 482 g/mol. The molecular formula is C31H25NO6. The SMILES string of the molecule is COc1ccc(C(=C2[C@H]3C=C[C@H]2[C@H]2C(=O)N(c4ccc5c(c4)OCO5)C(=O)[C@H]23)c2ccc(OC)cc2)cc1. The molecule has 7 rings (SSSR count). The first-order chi connectivity index (χ1) is 18.6. The maximum atomic E-state index is 13.8. The lowest BCUT2D eigenvalue weighted by Gasteiger charge is -2.22. The van der Waals surface area contributed by atoms with Gasteiger partial charge < -0.3 is 18.9 Å². The number of fused-ring (bicyclic) bond motifs is 6. The number of ether oxygens (including phenoxy) is 4. The molecule has 190 valence electrons. The lowest BCUT2D eigenvalue weighted by Crippen LogP contribution is -2.33. The van der Waals surface area contributed by atoms with Crippen molar-refractivity contribution in [1.29, 1.82) is 0 Å². The van der Waals surface area contributed by atoms with Crippen LogP contribution in [-0.2, 0) is 9.59 Å². The first-order valence-electron chi connectivity index (χ1n) is 12.6. The first-order valence-corrected chi connectivity index (χ1v) is 12.6. The Hall–Kier alpha value is -4.52. The molecule has 1 saturated carbocycles. The molecule has 2 fully saturated rings. The van der Waals surface area contributed by atoms with Gasteiger partial charge in [-0.05, 0) is 58.7 Å². The maximum absolute atomic E-state index is 13.8. The normalized spacial score (nSPS) is 24.3. The van der Waals surface area contributed by atoms with Gasteiger partial charge in [-0.1, -0.05) is 36.4 Å². The van der Waals surface area contributed by atoms with E-state index in [1.165, 1.54) is 4.90 Å². The second kappa shape index (κ2) is 8.52. The lowest BCUT2D eigenvalue weighted by molar-refractivity contribution is -0.122. The molecule has 0 radical (unpaired) electrons. The van der Waals surface area contributed by atoms with Crippen LogP contribution in [0.1, 0.15) is 11.1 Å². The molecule has 2 bridgehead atoms. The van der Waals surface area contributed by atoms with E-state index in [0.29, 0.717) is 17.2 Å². The fourth-order valence-electron chi connectivity index (χ4n) is 6.39. The predicted molar refractivity (Wildman–Crippen MR) is 140 cm³/mol. The van der Waals surface area contributed by atoms with Gasteiger partial charge in [-0.2, -0.15) is 0 Å². The van der Waals surface area contributed by atoms with Crippen molar-refractivity contribution in [2.75, 3.05) is 25.9 Å². The van der Waals surface area contributed by atoms with Crippen LogP contribution < -0.4 is 23.8 Å². The second-order valence-electron chi connectivity index (χ2n) is 9.82. The Bertz CT molecular complexity index is 1440. The van der Waals surface area contributed by atoms with Gasteiger partial charge in [0.25, 0.3) is 0 Å². The molecule has 2 heterocycles. The van der Waals surface area contributed by atoms with Crippen LogP contribution in [0.4, 0.5) is 5.69 Å². The average molecular weight is 508 g/mol. The zero-order valence-electron chi connectivity index (χ0n) is 20.9. The number of hydrogen-bond acceptors (Lipinski definition) is 6. The van der Waals surface area contributed by atoms with Crippen molar-refractivity contribution in [2.24, 2.45) is 23.7 Å². The van der Waals surface area contributed by atoms with Gasteiger partial charge in [0.05, 0.1) is 31.7 Å². The number of anilines is 1. The standard InChI is InChI=1S/C31H25NO6/c1-35-20-8-3-17(4-9-20)26(18-5-10-21(36-2)11-6-18)27-22-12-13-23(27)29-28(22)30(33)32(31(29)34)19-7-14-24-25(15-19)38-16-37-24/h3-15,22-23,28-29H,16H2,1-2H3/t22-,23-,28-,29+/m1/s1. The topological polar surface area (TPSA) is 74.3 Å². The van der Waals surface area contributed by atoms with Crippen LogP contribution in [0.2, 0.25) is 0 Å². The lowest BCUT2D eigenvalue weighted by atomic mass is 9.85. The molecule has 0 unspecified atom stereocenters. The van der Waals surface area contributed by atoms with E-state index in [1.807, 2.05) is 48.5 Å². The highest BCUT2D eigenvalue weighted by atomic mass is 16.7. The van der Waals surface area contributed by atoms with E-state index in [4.69, 9.17) is 18.9 Å². The van der Waals surface area contributed by atoms with Gasteiger partial charge in [-0.3, -0.25) is 9.59 Å². The highest BCUT2D eigenvalue weighted by Gasteiger charge is 2.62. The molecule has 38 heavy (non-hydrogen) atoms. The van der Waals surface area contributed by atoms with E-state index in [-0.39, 0.29) is 30.4 Å². The van der Waals surface area contributed by atoms with Crippen LogP contribution in [0.3, 0.4) is 0 Å². The van der Waals surface area contributed by atoms with Crippen molar-refractivity contribution < 1.29 is 28.5 Å². The molecule has 0 spiro atoms. The molecule has 7 nitrogen and oxygen atoms in total. The van der Waals surface area contributed by atoms with Crippen molar-refractivity contribution in [3.05, 3.63) is 95.6 Å². The number of methoxy groups -OCH3 is 2. The minimum Gasteiger partial charge on any atom is -0.497 e. The van der Waals surface area contributed by atoms with Crippen LogP contribution in [-0.4, -0.2) is 32.8 Å². The number of amides is 2. The van der Waals surface area contributed by atoms with Crippen LogP contribution in [0.25, 0.3) is 5.57 Å². The van der Waals surface area contributed by atoms with Gasteiger partial charge >= 0.3 is 0 Å². The molecule has 1 saturated heterocycles. The van der Waals surface area contributed by atoms with Crippen LogP contribution in [0.5, 0.6) is 23.0 Å². The quantitative estimate of drug-likeness (QED) is 0.363. The fourth-order valence-corrected chi connectivity index (χ4v) is 6.39. The van der Waals surface area contributed by atoms with Crippen LogP contribution >= 0.6 is 0 Å². The summed E-state index contributed by atoms with van der Waals surface area (Å²) in [4.78, 5) is 29.0. The summed E-state index contributed by atoms with van der Waals surface area (Å²) in [6.45, 7) is 0.133. The number of carbonyl (C=O) groups is 2. The predicted octanol–water partition coefficient (Wildman–Crippen LogP) is 4.86. The number of allylic oxidation sites excluding steroid dienone is 3. The molecule has 4 atom stereocenters. The first kappa shape index (κ1) is 22.7. The van der Waals surface area contributed by atoms with Crippen molar-refractivity contribution in [1.82, 2.24) is 0 Å². The van der Waals surface area contributed by atoms with Crippen LogP contribution in [0.15, 0.2) is 84.5 Å². The number of nitrogens with zero attached hydrogens (tertiary/aromatic N) is 1. The highest BCUT2D eigenvalue weighted by Crippen LogP contribution is 2.59. The van der Waals surface area contributed by atoms with Crippen LogP contribution in [0, 0.1) is 23.7 Å². The summed E-state index contributed by atoms with van der Waals surface area (Å²) in [6, 6.07) is 21.1. The van der Waals surface area contributed by atoms with Crippen molar-refractivity contribution in [2.45, 2.75) is 0 Å². The average Bonchev–Trinajstić information content (AvgIpc) is 3.72. The Morgan fingerprint density at radius 3 is 1.79 bits per heavy atom. The smallest absolute Gasteiger partial charge is 0.238 e. The van der Waals surface area contributed by atoms with Crippen molar-refractivity contribution in [3.63, 3.8) is 0 Å². The van der Waals surface area contributed by atoms with Crippen molar-refractivity contribution in [3.8, 4) is 23.0 Å². The summed E-state index contributed by atoms with van der Waals surface area (Å²) in [6.07, 6.45) is 4.20.